The normalized spacial score (nSPS) is 11.2. The Morgan fingerprint density at radius 1 is 0.865 bits per heavy atom. The number of carbonyl (C=O) groups is 1. The van der Waals surface area contributed by atoms with Gasteiger partial charge in [0.05, 0.1) is 0 Å². The van der Waals surface area contributed by atoms with E-state index in [1.807, 2.05) is 54.6 Å². The average molecular weight is 577 g/mol. The summed E-state index contributed by atoms with van der Waals surface area (Å²) in [5, 5.41) is 5.95. The number of sulfonamides is 1. The highest BCUT2D eigenvalue weighted by molar-refractivity contribution is 7.91. The smallest absolute Gasteiger partial charge is 0.319 e. The van der Waals surface area contributed by atoms with E-state index in [1.165, 1.54) is 0 Å². The van der Waals surface area contributed by atoms with E-state index in [2.05, 4.69) is 15.4 Å². The van der Waals surface area contributed by atoms with Gasteiger partial charge in [-0.15, -0.1) is 11.3 Å². The summed E-state index contributed by atoms with van der Waals surface area (Å²) < 4.78 is 34.3. The number of anilines is 1. The molecule has 0 unspecified atom stereocenters. The second-order valence-electron chi connectivity index (χ2n) is 7.83. The van der Waals surface area contributed by atoms with Gasteiger partial charge in [-0.25, -0.2) is 17.9 Å². The Morgan fingerprint density at radius 3 is 2.32 bits per heavy atom. The van der Waals surface area contributed by atoms with E-state index in [-0.39, 0.29) is 17.3 Å². The van der Waals surface area contributed by atoms with Gasteiger partial charge in [0.25, 0.3) is 0 Å². The predicted octanol–water partition coefficient (Wildman–Crippen LogP) is 6.40. The van der Waals surface area contributed by atoms with Crippen molar-refractivity contribution >= 4 is 56.3 Å². The standard InChI is InChI=1S/C26H23Cl2N3O4S2/c27-19-14-20(28)16-21(15-19)31-26(32)29-12-13-30-37(33,34)25-11-10-24(36-25)22-8-4-5-9-23(22)35-17-18-6-2-1-3-7-18/h1-11,14-16,30H,12-13,17H2,(H2,29,31,32). The van der Waals surface area contributed by atoms with Gasteiger partial charge < -0.3 is 15.4 Å². The molecule has 4 aromatic rings. The highest BCUT2D eigenvalue weighted by Crippen LogP contribution is 2.36. The van der Waals surface area contributed by atoms with Crippen LogP contribution in [0.15, 0.2) is 89.1 Å². The van der Waals surface area contributed by atoms with E-state index in [9.17, 15) is 13.2 Å². The average Bonchev–Trinajstić information content (AvgIpc) is 3.37. The maximum atomic E-state index is 12.8. The van der Waals surface area contributed by atoms with Gasteiger partial charge in [0, 0.05) is 39.3 Å². The van der Waals surface area contributed by atoms with Crippen LogP contribution in [0.5, 0.6) is 5.75 Å². The molecule has 0 saturated carbocycles. The number of para-hydroxylation sites is 1. The van der Waals surface area contributed by atoms with E-state index >= 15 is 0 Å². The summed E-state index contributed by atoms with van der Waals surface area (Å²) in [6, 6.07) is 24.8. The lowest BCUT2D eigenvalue weighted by Gasteiger charge is -2.10. The number of halogens is 2. The van der Waals surface area contributed by atoms with Crippen molar-refractivity contribution < 1.29 is 17.9 Å². The van der Waals surface area contributed by atoms with Crippen molar-refractivity contribution in [2.75, 3.05) is 18.4 Å². The second kappa shape index (κ2) is 12.4. The maximum Gasteiger partial charge on any atom is 0.319 e. The molecule has 0 aliphatic heterocycles. The molecule has 2 amide bonds. The van der Waals surface area contributed by atoms with Gasteiger partial charge in [-0.2, -0.15) is 0 Å². The Morgan fingerprint density at radius 2 is 1.57 bits per heavy atom. The lowest BCUT2D eigenvalue weighted by atomic mass is 10.1. The number of carbonyl (C=O) groups excluding carboxylic acids is 1. The summed E-state index contributed by atoms with van der Waals surface area (Å²) in [5.41, 5.74) is 2.27. The predicted molar refractivity (Wildman–Crippen MR) is 149 cm³/mol. The molecule has 7 nitrogen and oxygen atoms in total. The molecule has 37 heavy (non-hydrogen) atoms. The molecular formula is C26H23Cl2N3O4S2. The van der Waals surface area contributed by atoms with Gasteiger partial charge >= 0.3 is 6.03 Å². The van der Waals surface area contributed by atoms with Crippen LogP contribution in [0.25, 0.3) is 10.4 Å². The van der Waals surface area contributed by atoms with Crippen LogP contribution in [-0.2, 0) is 16.6 Å². The van der Waals surface area contributed by atoms with Crippen molar-refractivity contribution in [2.45, 2.75) is 10.8 Å². The first-order chi connectivity index (χ1) is 17.8. The molecule has 0 radical (unpaired) electrons. The fourth-order valence-corrected chi connectivity index (χ4v) is 6.31. The van der Waals surface area contributed by atoms with E-state index in [0.717, 1.165) is 27.3 Å². The van der Waals surface area contributed by atoms with Crippen LogP contribution >= 0.6 is 34.5 Å². The Bertz CT molecular complexity index is 1460. The van der Waals surface area contributed by atoms with E-state index in [1.54, 1.807) is 30.3 Å². The number of ether oxygens (including phenoxy) is 1. The van der Waals surface area contributed by atoms with Crippen molar-refractivity contribution in [3.8, 4) is 16.2 Å². The van der Waals surface area contributed by atoms with Crippen LogP contribution < -0.4 is 20.1 Å². The molecule has 0 aliphatic carbocycles. The van der Waals surface area contributed by atoms with Crippen molar-refractivity contribution in [3.63, 3.8) is 0 Å². The van der Waals surface area contributed by atoms with Crippen LogP contribution in [0, 0.1) is 0 Å². The summed E-state index contributed by atoms with van der Waals surface area (Å²) >= 11 is 13.0. The molecule has 192 valence electrons. The number of urea groups is 1. The highest BCUT2D eigenvalue weighted by Gasteiger charge is 2.18. The molecule has 3 aromatic carbocycles. The topological polar surface area (TPSA) is 96.5 Å². The van der Waals surface area contributed by atoms with Gasteiger partial charge in [-0.05, 0) is 48.0 Å². The quantitative estimate of drug-likeness (QED) is 0.190. The summed E-state index contributed by atoms with van der Waals surface area (Å²) in [5.74, 6) is 0.668. The fourth-order valence-electron chi connectivity index (χ4n) is 3.37. The summed E-state index contributed by atoms with van der Waals surface area (Å²) in [6.07, 6.45) is 0. The zero-order valence-electron chi connectivity index (χ0n) is 19.4. The van der Waals surface area contributed by atoms with Crippen LogP contribution in [0.1, 0.15) is 5.56 Å². The third-order valence-electron chi connectivity index (χ3n) is 5.06. The first-order valence-electron chi connectivity index (χ1n) is 11.2. The largest absolute Gasteiger partial charge is 0.488 e. The first kappa shape index (κ1) is 27.0. The number of thiophene rings is 1. The molecule has 0 atom stereocenters. The van der Waals surface area contributed by atoms with Crippen LogP contribution in [-0.4, -0.2) is 27.5 Å². The van der Waals surface area contributed by atoms with Crippen LogP contribution in [0.2, 0.25) is 10.0 Å². The van der Waals surface area contributed by atoms with Crippen LogP contribution in [0.4, 0.5) is 10.5 Å². The molecule has 4 rings (SSSR count). The number of nitrogens with one attached hydrogen (secondary N) is 3. The number of amides is 2. The first-order valence-corrected chi connectivity index (χ1v) is 14.2. The number of rotatable bonds is 10. The van der Waals surface area contributed by atoms with Gasteiger partial charge in [0.1, 0.15) is 16.6 Å². The fraction of sp³-hybridized carbons (Fsp3) is 0.115. The minimum atomic E-state index is -3.76. The van der Waals surface area contributed by atoms with E-state index < -0.39 is 16.1 Å². The second-order valence-corrected chi connectivity index (χ2v) is 11.8. The van der Waals surface area contributed by atoms with Crippen molar-refractivity contribution in [3.05, 3.63) is 101 Å². The summed E-state index contributed by atoms with van der Waals surface area (Å²) in [4.78, 5) is 12.8. The van der Waals surface area contributed by atoms with E-state index in [4.69, 9.17) is 27.9 Å². The molecule has 1 heterocycles. The van der Waals surface area contributed by atoms with E-state index in [0.29, 0.717) is 28.1 Å². The molecule has 0 spiro atoms. The molecular weight excluding hydrogens is 553 g/mol. The Hall–Kier alpha value is -3.08. The molecule has 0 bridgehead atoms. The Labute approximate surface area is 229 Å². The zero-order chi connectivity index (χ0) is 26.3. The third kappa shape index (κ3) is 7.70. The minimum Gasteiger partial charge on any atom is -0.488 e. The number of benzene rings is 3. The molecule has 0 fully saturated rings. The minimum absolute atomic E-state index is 0.00998. The molecule has 1 aromatic heterocycles. The molecule has 0 saturated heterocycles. The maximum absolute atomic E-state index is 12.8. The van der Waals surface area contributed by atoms with Crippen LogP contribution in [0.3, 0.4) is 0 Å². The SMILES string of the molecule is O=C(NCCNS(=O)(=O)c1ccc(-c2ccccc2OCc2ccccc2)s1)Nc1cc(Cl)cc(Cl)c1. The lowest BCUT2D eigenvalue weighted by Crippen LogP contribution is -2.36. The number of hydrogen-bond acceptors (Lipinski definition) is 5. The van der Waals surface area contributed by atoms with Gasteiger partial charge in [0.2, 0.25) is 10.0 Å². The van der Waals surface area contributed by atoms with Crippen molar-refractivity contribution in [1.82, 2.24) is 10.0 Å². The summed E-state index contributed by atoms with van der Waals surface area (Å²) in [6.45, 7) is 0.491. The molecule has 11 heteroatoms. The third-order valence-corrected chi connectivity index (χ3v) is 8.57. The summed E-state index contributed by atoms with van der Waals surface area (Å²) in [7, 11) is -3.76. The van der Waals surface area contributed by atoms with Crippen molar-refractivity contribution in [2.24, 2.45) is 0 Å². The van der Waals surface area contributed by atoms with Gasteiger partial charge in [-0.1, -0.05) is 65.7 Å². The van der Waals surface area contributed by atoms with Gasteiger partial charge in [-0.3, -0.25) is 0 Å². The highest BCUT2D eigenvalue weighted by atomic mass is 35.5. The monoisotopic (exact) mass is 575 g/mol. The lowest BCUT2D eigenvalue weighted by molar-refractivity contribution is 0.252. The Balaban J connectivity index is 1.32. The number of hydrogen-bond donors (Lipinski definition) is 3. The Kier molecular flexibility index (Phi) is 9.07. The zero-order valence-corrected chi connectivity index (χ0v) is 22.6. The molecule has 3 N–H and O–H groups in total. The molecule has 0 aliphatic rings. The van der Waals surface area contributed by atoms with Crippen molar-refractivity contribution in [1.29, 1.82) is 0 Å². The van der Waals surface area contributed by atoms with Gasteiger partial charge in [0.15, 0.2) is 0 Å².